The summed E-state index contributed by atoms with van der Waals surface area (Å²) in [4.78, 5) is 27.2. The molecule has 0 aliphatic heterocycles. The van der Waals surface area contributed by atoms with Gasteiger partial charge in [0.05, 0.1) is 4.88 Å². The lowest BCUT2D eigenvalue weighted by molar-refractivity contribution is -0.133. The number of rotatable bonds is 8. The van der Waals surface area contributed by atoms with Crippen molar-refractivity contribution < 1.29 is 9.59 Å². The van der Waals surface area contributed by atoms with Gasteiger partial charge in [-0.3, -0.25) is 9.59 Å². The molecule has 1 aromatic heterocycles. The van der Waals surface area contributed by atoms with E-state index < -0.39 is 0 Å². The molecule has 3 rings (SSSR count). The van der Waals surface area contributed by atoms with E-state index in [1.54, 1.807) is 6.07 Å². The van der Waals surface area contributed by atoms with Crippen LogP contribution in [0.15, 0.2) is 41.8 Å². The van der Waals surface area contributed by atoms with Crippen molar-refractivity contribution in [3.63, 3.8) is 0 Å². The van der Waals surface area contributed by atoms with Gasteiger partial charge in [0.1, 0.15) is 0 Å². The Morgan fingerprint density at radius 1 is 1.24 bits per heavy atom. The minimum absolute atomic E-state index is 0.110. The van der Waals surface area contributed by atoms with E-state index in [0.29, 0.717) is 24.5 Å². The molecule has 132 valence electrons. The fraction of sp³-hybridized carbons (Fsp3) is 0.368. The Hall–Kier alpha value is -2.18. The third-order valence-electron chi connectivity index (χ3n) is 4.17. The van der Waals surface area contributed by atoms with E-state index in [0.717, 1.165) is 30.5 Å². The predicted octanol–water partition coefficient (Wildman–Crippen LogP) is 3.09. The molecule has 1 aromatic carbocycles. The number of nitrogens with one attached hydrogen (secondary N) is 1. The van der Waals surface area contributed by atoms with Gasteiger partial charge in [-0.1, -0.05) is 18.2 Å². The molecular weight excluding hydrogens is 334 g/mol. The highest BCUT2D eigenvalue weighted by atomic mass is 32.1. The Morgan fingerprint density at radius 3 is 2.76 bits per heavy atom. The third-order valence-corrected chi connectivity index (χ3v) is 5.04. The van der Waals surface area contributed by atoms with Gasteiger partial charge in [0.2, 0.25) is 5.91 Å². The van der Waals surface area contributed by atoms with Gasteiger partial charge in [0, 0.05) is 24.7 Å². The maximum atomic E-state index is 12.5. The molecule has 2 amide bonds. The van der Waals surface area contributed by atoms with Crippen molar-refractivity contribution in [3.05, 3.63) is 52.2 Å². The van der Waals surface area contributed by atoms with E-state index in [1.165, 1.54) is 11.3 Å². The monoisotopic (exact) mass is 357 g/mol. The predicted molar refractivity (Wildman–Crippen MR) is 101 cm³/mol. The molecule has 2 aromatic rings. The lowest BCUT2D eigenvalue weighted by atomic mass is 10.1. The molecule has 1 fully saturated rings. The van der Waals surface area contributed by atoms with Gasteiger partial charge in [-0.2, -0.15) is 0 Å². The largest absolute Gasteiger partial charge is 0.338 e. The average Bonchev–Trinajstić information content (AvgIpc) is 3.32. The molecule has 0 spiro atoms. The lowest BCUT2D eigenvalue weighted by Crippen LogP contribution is -2.33. The molecule has 6 heteroatoms. The number of hydrogen-bond acceptors (Lipinski definition) is 4. The summed E-state index contributed by atoms with van der Waals surface area (Å²) >= 11 is 1.41. The van der Waals surface area contributed by atoms with Crippen LogP contribution in [-0.4, -0.2) is 29.8 Å². The molecule has 0 radical (unpaired) electrons. The summed E-state index contributed by atoms with van der Waals surface area (Å²) < 4.78 is 0. The van der Waals surface area contributed by atoms with Crippen LogP contribution in [-0.2, 0) is 11.3 Å². The Bertz CT molecular complexity index is 726. The highest BCUT2D eigenvalue weighted by Gasteiger charge is 2.33. The number of nitrogens with two attached hydrogens (primary N) is 1. The van der Waals surface area contributed by atoms with Crippen molar-refractivity contribution in [2.75, 3.05) is 18.4 Å². The summed E-state index contributed by atoms with van der Waals surface area (Å²) in [5.41, 5.74) is 7.36. The molecule has 1 aliphatic rings. The number of benzene rings is 1. The Balaban J connectivity index is 1.66. The van der Waals surface area contributed by atoms with Crippen LogP contribution < -0.4 is 11.1 Å². The number of amides is 2. The Morgan fingerprint density at radius 2 is 2.08 bits per heavy atom. The van der Waals surface area contributed by atoms with Crippen molar-refractivity contribution >= 4 is 28.8 Å². The first-order valence-electron chi connectivity index (χ1n) is 8.60. The lowest BCUT2D eigenvalue weighted by Gasteiger charge is -2.23. The quantitative estimate of drug-likeness (QED) is 0.762. The van der Waals surface area contributed by atoms with E-state index in [9.17, 15) is 9.59 Å². The van der Waals surface area contributed by atoms with E-state index in [1.807, 2.05) is 40.6 Å². The van der Waals surface area contributed by atoms with E-state index in [4.69, 9.17) is 5.73 Å². The Kier molecular flexibility index (Phi) is 5.83. The van der Waals surface area contributed by atoms with Crippen LogP contribution in [0.1, 0.15) is 34.5 Å². The molecule has 0 atom stereocenters. The molecule has 0 bridgehead atoms. The standard InChI is InChI=1S/C19H23N3O2S/c20-9-3-10-22(19(24)15-7-8-15)13-14-4-1-5-16(12-14)21-18(23)17-6-2-11-25-17/h1-2,4-6,11-12,15H,3,7-10,13,20H2,(H,21,23). The zero-order valence-corrected chi connectivity index (χ0v) is 14.9. The summed E-state index contributed by atoms with van der Waals surface area (Å²) in [7, 11) is 0. The molecule has 0 unspecified atom stereocenters. The molecule has 1 saturated carbocycles. The zero-order chi connectivity index (χ0) is 17.6. The molecule has 25 heavy (non-hydrogen) atoms. The molecule has 0 saturated heterocycles. The van der Waals surface area contributed by atoms with Crippen LogP contribution in [0.5, 0.6) is 0 Å². The van der Waals surface area contributed by atoms with Crippen molar-refractivity contribution in [2.45, 2.75) is 25.8 Å². The second kappa shape index (κ2) is 8.27. The molecule has 3 N–H and O–H groups in total. The molecule has 1 heterocycles. The summed E-state index contributed by atoms with van der Waals surface area (Å²) in [6, 6.07) is 11.3. The van der Waals surface area contributed by atoms with Gasteiger partial charge in [-0.15, -0.1) is 11.3 Å². The van der Waals surface area contributed by atoms with Crippen LogP contribution >= 0.6 is 11.3 Å². The minimum Gasteiger partial charge on any atom is -0.338 e. The zero-order valence-electron chi connectivity index (χ0n) is 14.1. The fourth-order valence-electron chi connectivity index (χ4n) is 2.71. The highest BCUT2D eigenvalue weighted by molar-refractivity contribution is 7.12. The first-order valence-corrected chi connectivity index (χ1v) is 9.48. The normalized spacial score (nSPS) is 13.5. The van der Waals surface area contributed by atoms with Gasteiger partial charge in [0.15, 0.2) is 0 Å². The number of thiophene rings is 1. The van der Waals surface area contributed by atoms with E-state index in [2.05, 4.69) is 5.32 Å². The van der Waals surface area contributed by atoms with Crippen LogP contribution in [0.25, 0.3) is 0 Å². The van der Waals surface area contributed by atoms with Gasteiger partial charge in [0.25, 0.3) is 5.91 Å². The van der Waals surface area contributed by atoms with Crippen molar-refractivity contribution in [1.82, 2.24) is 4.90 Å². The van der Waals surface area contributed by atoms with Gasteiger partial charge in [-0.05, 0) is 54.9 Å². The first kappa shape index (κ1) is 17.6. The summed E-state index contributed by atoms with van der Waals surface area (Å²) in [5.74, 6) is 0.308. The third kappa shape index (κ3) is 4.90. The van der Waals surface area contributed by atoms with E-state index >= 15 is 0 Å². The second-order valence-corrected chi connectivity index (χ2v) is 7.26. The number of carbonyl (C=O) groups excluding carboxylic acids is 2. The van der Waals surface area contributed by atoms with Crippen molar-refractivity contribution in [3.8, 4) is 0 Å². The van der Waals surface area contributed by atoms with Crippen LogP contribution in [0, 0.1) is 5.92 Å². The van der Waals surface area contributed by atoms with Gasteiger partial charge < -0.3 is 16.0 Å². The van der Waals surface area contributed by atoms with Crippen LogP contribution in [0.4, 0.5) is 5.69 Å². The summed E-state index contributed by atoms with van der Waals surface area (Å²) in [6.45, 7) is 1.81. The van der Waals surface area contributed by atoms with Crippen molar-refractivity contribution in [1.29, 1.82) is 0 Å². The smallest absolute Gasteiger partial charge is 0.265 e. The maximum absolute atomic E-state index is 12.5. The fourth-order valence-corrected chi connectivity index (χ4v) is 3.33. The van der Waals surface area contributed by atoms with Crippen LogP contribution in [0.2, 0.25) is 0 Å². The van der Waals surface area contributed by atoms with Crippen molar-refractivity contribution in [2.24, 2.45) is 11.7 Å². The Labute approximate surface area is 151 Å². The second-order valence-electron chi connectivity index (χ2n) is 6.31. The SMILES string of the molecule is NCCCN(Cc1cccc(NC(=O)c2cccs2)c1)C(=O)C1CC1. The number of hydrogen-bond donors (Lipinski definition) is 2. The maximum Gasteiger partial charge on any atom is 0.265 e. The molecule has 1 aliphatic carbocycles. The summed E-state index contributed by atoms with van der Waals surface area (Å²) in [6.07, 6.45) is 2.79. The number of carbonyl (C=O) groups is 2. The average molecular weight is 357 g/mol. The van der Waals surface area contributed by atoms with Gasteiger partial charge >= 0.3 is 0 Å². The number of nitrogens with zero attached hydrogens (tertiary/aromatic N) is 1. The minimum atomic E-state index is -0.110. The topological polar surface area (TPSA) is 75.4 Å². The van der Waals surface area contributed by atoms with Crippen LogP contribution in [0.3, 0.4) is 0 Å². The first-order chi connectivity index (χ1) is 12.2. The number of anilines is 1. The molecule has 5 nitrogen and oxygen atoms in total. The van der Waals surface area contributed by atoms with Gasteiger partial charge in [-0.25, -0.2) is 0 Å². The highest BCUT2D eigenvalue weighted by Crippen LogP contribution is 2.31. The summed E-state index contributed by atoms with van der Waals surface area (Å²) in [5, 5.41) is 4.79. The van der Waals surface area contributed by atoms with E-state index in [-0.39, 0.29) is 17.7 Å². The molecular formula is C19H23N3O2S.